The third-order valence-electron chi connectivity index (χ3n) is 0.898. The van der Waals surface area contributed by atoms with E-state index in [4.69, 9.17) is 0 Å². The van der Waals surface area contributed by atoms with Gasteiger partial charge in [0.1, 0.15) is 0 Å². The zero-order chi connectivity index (χ0) is 7.28. The van der Waals surface area contributed by atoms with E-state index in [2.05, 4.69) is 24.5 Å². The van der Waals surface area contributed by atoms with Gasteiger partial charge in [0.05, 0.1) is 0 Å². The molecule has 0 aromatic rings. The second-order valence-electron chi connectivity index (χ2n) is 2.35. The third-order valence-corrected chi connectivity index (χ3v) is 0.898. The Labute approximate surface area is 55.8 Å². The van der Waals surface area contributed by atoms with E-state index in [1.54, 1.807) is 7.05 Å². The fourth-order valence-electron chi connectivity index (χ4n) is 0.385. The van der Waals surface area contributed by atoms with E-state index in [-0.39, 0.29) is 6.03 Å². The minimum Gasteiger partial charge on any atom is -0.341 e. The van der Waals surface area contributed by atoms with Crippen LogP contribution in [0.15, 0.2) is 0 Å². The minimum atomic E-state index is -0.108. The van der Waals surface area contributed by atoms with E-state index in [9.17, 15) is 4.79 Å². The molecule has 9 heavy (non-hydrogen) atoms. The topological polar surface area (TPSA) is 41.1 Å². The molecule has 3 heteroatoms. The van der Waals surface area contributed by atoms with Crippen molar-refractivity contribution in [3.05, 3.63) is 0 Å². The molecule has 0 aromatic heterocycles. The van der Waals surface area contributed by atoms with Crippen molar-refractivity contribution < 1.29 is 4.79 Å². The molecule has 0 saturated carbocycles. The van der Waals surface area contributed by atoms with Gasteiger partial charge in [0, 0.05) is 13.6 Å². The lowest BCUT2D eigenvalue weighted by Crippen LogP contribution is -2.34. The minimum absolute atomic E-state index is 0.108. The normalized spacial score (nSPS) is 9.33. The van der Waals surface area contributed by atoms with Crippen LogP contribution in [0.3, 0.4) is 0 Å². The van der Waals surface area contributed by atoms with Crippen LogP contribution < -0.4 is 10.6 Å². The number of carbonyl (C=O) groups is 1. The van der Waals surface area contributed by atoms with Crippen LogP contribution in [-0.2, 0) is 0 Å². The Bertz CT molecular complexity index is 91.1. The van der Waals surface area contributed by atoms with Crippen molar-refractivity contribution in [1.29, 1.82) is 0 Å². The van der Waals surface area contributed by atoms with Crippen molar-refractivity contribution in [2.75, 3.05) is 13.6 Å². The lowest BCUT2D eigenvalue weighted by atomic mass is 10.2. The molecule has 3 nitrogen and oxygen atoms in total. The maximum atomic E-state index is 10.5. The van der Waals surface area contributed by atoms with E-state index < -0.39 is 0 Å². The Hall–Kier alpha value is -0.730. The average Bonchev–Trinajstić information content (AvgIpc) is 1.83. The van der Waals surface area contributed by atoms with Gasteiger partial charge in [-0.2, -0.15) is 0 Å². The van der Waals surface area contributed by atoms with Gasteiger partial charge in [-0.15, -0.1) is 0 Å². The first kappa shape index (κ1) is 8.27. The van der Waals surface area contributed by atoms with Crippen LogP contribution in [0.1, 0.15) is 13.8 Å². The van der Waals surface area contributed by atoms with E-state index >= 15 is 0 Å². The van der Waals surface area contributed by atoms with Crippen LogP contribution >= 0.6 is 0 Å². The SMILES string of the molecule is CNC(=O)NCC(C)C. The summed E-state index contributed by atoms with van der Waals surface area (Å²) in [5.74, 6) is 0.516. The highest BCUT2D eigenvalue weighted by Gasteiger charge is 1.95. The summed E-state index contributed by atoms with van der Waals surface area (Å²) in [6.07, 6.45) is 0. The molecule has 2 amide bonds. The highest BCUT2D eigenvalue weighted by Crippen LogP contribution is 1.85. The molecule has 54 valence electrons. The summed E-state index contributed by atoms with van der Waals surface area (Å²) in [6.45, 7) is 4.84. The van der Waals surface area contributed by atoms with Gasteiger partial charge in [-0.05, 0) is 5.92 Å². The summed E-state index contributed by atoms with van der Waals surface area (Å²) in [5, 5.41) is 5.15. The molecule has 0 radical (unpaired) electrons. The molecule has 0 atom stereocenters. The van der Waals surface area contributed by atoms with Gasteiger partial charge in [-0.1, -0.05) is 13.8 Å². The largest absolute Gasteiger partial charge is 0.341 e. The molecule has 0 fully saturated rings. The van der Waals surface area contributed by atoms with Crippen LogP contribution in [0.4, 0.5) is 4.79 Å². The number of hydrogen-bond acceptors (Lipinski definition) is 1. The molecule has 0 rings (SSSR count). The van der Waals surface area contributed by atoms with Crippen LogP contribution in [-0.4, -0.2) is 19.6 Å². The summed E-state index contributed by atoms with van der Waals surface area (Å²) < 4.78 is 0. The first-order valence-electron chi connectivity index (χ1n) is 3.12. The Morgan fingerprint density at radius 1 is 1.56 bits per heavy atom. The van der Waals surface area contributed by atoms with Crippen molar-refractivity contribution in [1.82, 2.24) is 10.6 Å². The first-order chi connectivity index (χ1) is 4.16. The number of amides is 2. The van der Waals surface area contributed by atoms with Gasteiger partial charge < -0.3 is 10.6 Å². The smallest absolute Gasteiger partial charge is 0.314 e. The van der Waals surface area contributed by atoms with Crippen LogP contribution in [0.25, 0.3) is 0 Å². The molecular weight excluding hydrogens is 116 g/mol. The van der Waals surface area contributed by atoms with E-state index in [0.717, 1.165) is 6.54 Å². The zero-order valence-electron chi connectivity index (χ0n) is 6.19. The summed E-state index contributed by atoms with van der Waals surface area (Å²) in [7, 11) is 1.61. The predicted octanol–water partition coefficient (Wildman–Crippen LogP) is 0.571. The number of hydrogen-bond donors (Lipinski definition) is 2. The van der Waals surface area contributed by atoms with E-state index in [1.165, 1.54) is 0 Å². The molecule has 0 bridgehead atoms. The summed E-state index contributed by atoms with van der Waals surface area (Å²) in [4.78, 5) is 10.5. The molecule has 0 unspecified atom stereocenters. The Morgan fingerprint density at radius 2 is 2.11 bits per heavy atom. The maximum Gasteiger partial charge on any atom is 0.314 e. The molecule has 0 aromatic carbocycles. The molecule has 0 aliphatic rings. The van der Waals surface area contributed by atoms with Gasteiger partial charge in [-0.3, -0.25) is 0 Å². The second-order valence-corrected chi connectivity index (χ2v) is 2.35. The van der Waals surface area contributed by atoms with E-state index in [1.807, 2.05) is 0 Å². The van der Waals surface area contributed by atoms with Crippen molar-refractivity contribution in [3.63, 3.8) is 0 Å². The maximum absolute atomic E-state index is 10.5. The summed E-state index contributed by atoms with van der Waals surface area (Å²) in [5.41, 5.74) is 0. The first-order valence-corrected chi connectivity index (χ1v) is 3.12. The van der Waals surface area contributed by atoms with Crippen LogP contribution in [0, 0.1) is 5.92 Å². The average molecular weight is 130 g/mol. The van der Waals surface area contributed by atoms with Gasteiger partial charge in [0.25, 0.3) is 0 Å². The third kappa shape index (κ3) is 5.14. The van der Waals surface area contributed by atoms with Crippen molar-refractivity contribution >= 4 is 6.03 Å². The molecule has 0 heterocycles. The quantitative estimate of drug-likeness (QED) is 0.563. The van der Waals surface area contributed by atoms with Crippen molar-refractivity contribution in [2.24, 2.45) is 5.92 Å². The summed E-state index contributed by atoms with van der Waals surface area (Å²) in [6, 6.07) is -0.108. The standard InChI is InChI=1S/C6H14N2O/c1-5(2)4-8-6(9)7-3/h5H,4H2,1-3H3,(H2,7,8,9). The Morgan fingerprint density at radius 3 is 2.44 bits per heavy atom. The van der Waals surface area contributed by atoms with Gasteiger partial charge in [0.15, 0.2) is 0 Å². The van der Waals surface area contributed by atoms with Gasteiger partial charge in [-0.25, -0.2) is 4.79 Å². The number of nitrogens with one attached hydrogen (secondary N) is 2. The van der Waals surface area contributed by atoms with Crippen LogP contribution in [0.2, 0.25) is 0 Å². The highest BCUT2D eigenvalue weighted by atomic mass is 16.2. The Kier molecular flexibility index (Phi) is 3.84. The van der Waals surface area contributed by atoms with Crippen molar-refractivity contribution in [2.45, 2.75) is 13.8 Å². The molecule has 2 N–H and O–H groups in total. The Balaban J connectivity index is 3.17. The number of urea groups is 1. The molecular formula is C6H14N2O. The molecule has 0 aliphatic carbocycles. The number of carbonyl (C=O) groups excluding carboxylic acids is 1. The molecule has 0 spiro atoms. The van der Waals surface area contributed by atoms with E-state index in [0.29, 0.717) is 5.92 Å². The fraction of sp³-hybridized carbons (Fsp3) is 0.833. The zero-order valence-corrected chi connectivity index (χ0v) is 6.19. The monoisotopic (exact) mass is 130 g/mol. The predicted molar refractivity (Wildman–Crippen MR) is 37.3 cm³/mol. The lowest BCUT2D eigenvalue weighted by Gasteiger charge is -2.05. The second kappa shape index (κ2) is 4.18. The highest BCUT2D eigenvalue weighted by molar-refractivity contribution is 5.73. The summed E-state index contributed by atoms with van der Waals surface area (Å²) >= 11 is 0. The molecule has 0 aliphatic heterocycles. The molecule has 0 saturated heterocycles. The van der Waals surface area contributed by atoms with Crippen LogP contribution in [0.5, 0.6) is 0 Å². The number of rotatable bonds is 2. The van der Waals surface area contributed by atoms with Gasteiger partial charge in [0.2, 0.25) is 0 Å². The fourth-order valence-corrected chi connectivity index (χ4v) is 0.385. The lowest BCUT2D eigenvalue weighted by molar-refractivity contribution is 0.241. The van der Waals surface area contributed by atoms with Gasteiger partial charge >= 0.3 is 6.03 Å². The van der Waals surface area contributed by atoms with Crippen molar-refractivity contribution in [3.8, 4) is 0 Å².